The van der Waals surface area contributed by atoms with Crippen molar-refractivity contribution >= 4 is 0 Å². The normalized spacial score (nSPS) is 23.1. The van der Waals surface area contributed by atoms with E-state index in [9.17, 15) is 5.11 Å². The highest BCUT2D eigenvalue weighted by Crippen LogP contribution is 2.29. The number of hydrogen-bond donors (Lipinski definition) is 1. The lowest BCUT2D eigenvalue weighted by Gasteiger charge is -2.44. The molecule has 25 heavy (non-hydrogen) atoms. The largest absolute Gasteiger partial charge is 0.497 e. The Hall–Kier alpha value is -1.30. The first-order chi connectivity index (χ1) is 12.2. The van der Waals surface area contributed by atoms with Crippen molar-refractivity contribution in [3.8, 4) is 11.5 Å². The summed E-state index contributed by atoms with van der Waals surface area (Å²) in [6.45, 7) is 4.38. The number of rotatable bonds is 7. The van der Waals surface area contributed by atoms with Crippen molar-refractivity contribution in [3.63, 3.8) is 0 Å². The topological polar surface area (TPSA) is 45.2 Å². The van der Waals surface area contributed by atoms with Crippen molar-refractivity contribution in [2.75, 3.05) is 40.5 Å². The Morgan fingerprint density at radius 3 is 2.32 bits per heavy atom. The second-order valence-electron chi connectivity index (χ2n) is 7.30. The van der Waals surface area contributed by atoms with Gasteiger partial charge < -0.3 is 14.6 Å². The van der Waals surface area contributed by atoms with E-state index in [1.54, 1.807) is 14.2 Å². The van der Waals surface area contributed by atoms with Gasteiger partial charge >= 0.3 is 0 Å². The fourth-order valence-corrected chi connectivity index (χ4v) is 4.42. The highest BCUT2D eigenvalue weighted by molar-refractivity contribution is 5.38. The van der Waals surface area contributed by atoms with Crippen LogP contribution < -0.4 is 9.47 Å². The second kappa shape index (κ2) is 8.88. The number of nitrogens with zero attached hydrogens (tertiary/aromatic N) is 2. The summed E-state index contributed by atoms with van der Waals surface area (Å²) in [5, 5.41) is 9.51. The van der Waals surface area contributed by atoms with Gasteiger partial charge in [-0.3, -0.25) is 9.80 Å². The summed E-state index contributed by atoms with van der Waals surface area (Å²) in [5.41, 5.74) is 1.22. The van der Waals surface area contributed by atoms with Crippen molar-refractivity contribution in [1.29, 1.82) is 0 Å². The Balaban J connectivity index is 1.65. The van der Waals surface area contributed by atoms with E-state index >= 15 is 0 Å². The summed E-state index contributed by atoms with van der Waals surface area (Å²) in [7, 11) is 3.38. The van der Waals surface area contributed by atoms with Crippen molar-refractivity contribution in [2.24, 2.45) is 0 Å². The molecular formula is C20H32N2O3. The Morgan fingerprint density at radius 2 is 1.72 bits per heavy atom. The lowest BCUT2D eigenvalue weighted by atomic mass is 10.0. The minimum atomic E-state index is 0.273. The van der Waals surface area contributed by atoms with Crippen LogP contribution in [0, 0.1) is 0 Å². The van der Waals surface area contributed by atoms with Crippen LogP contribution in [0.5, 0.6) is 11.5 Å². The van der Waals surface area contributed by atoms with Crippen LogP contribution in [0.3, 0.4) is 0 Å². The summed E-state index contributed by atoms with van der Waals surface area (Å²) in [5.74, 6) is 1.68. The maximum Gasteiger partial charge on any atom is 0.122 e. The van der Waals surface area contributed by atoms with Gasteiger partial charge in [-0.05, 0) is 37.0 Å². The number of hydrogen-bond acceptors (Lipinski definition) is 5. The summed E-state index contributed by atoms with van der Waals surface area (Å²) in [4.78, 5) is 5.17. The molecule has 0 aromatic heterocycles. The molecule has 0 amide bonds. The van der Waals surface area contributed by atoms with Crippen LogP contribution in [0.25, 0.3) is 0 Å². The van der Waals surface area contributed by atoms with Crippen LogP contribution in [0.15, 0.2) is 18.2 Å². The number of aliphatic hydroxyl groups is 1. The monoisotopic (exact) mass is 348 g/mol. The molecular weight excluding hydrogens is 316 g/mol. The first-order valence-corrected chi connectivity index (χ1v) is 9.54. The molecule has 2 fully saturated rings. The molecule has 1 atom stereocenters. The molecule has 1 aromatic carbocycles. The third-order valence-corrected chi connectivity index (χ3v) is 5.69. The maximum absolute atomic E-state index is 9.51. The van der Waals surface area contributed by atoms with Gasteiger partial charge in [0.25, 0.3) is 0 Å². The number of methoxy groups -OCH3 is 2. The molecule has 1 N–H and O–H groups in total. The molecule has 0 radical (unpaired) electrons. The van der Waals surface area contributed by atoms with Gasteiger partial charge in [-0.25, -0.2) is 0 Å². The SMILES string of the molecule is COc1cc(CN2CCN(C3CCCC3)C(CCO)C2)cc(OC)c1. The summed E-state index contributed by atoms with van der Waals surface area (Å²) >= 11 is 0. The lowest BCUT2D eigenvalue weighted by molar-refractivity contribution is 0.0267. The molecule has 1 aliphatic heterocycles. The molecule has 1 saturated carbocycles. The molecule has 2 aliphatic rings. The van der Waals surface area contributed by atoms with E-state index < -0.39 is 0 Å². The fourth-order valence-electron chi connectivity index (χ4n) is 4.42. The van der Waals surface area contributed by atoms with E-state index in [2.05, 4.69) is 21.9 Å². The molecule has 1 unspecified atom stereocenters. The maximum atomic E-state index is 9.51. The molecule has 0 spiro atoms. The number of piperazine rings is 1. The molecule has 1 saturated heterocycles. The van der Waals surface area contributed by atoms with E-state index in [1.165, 1.54) is 31.2 Å². The molecule has 1 aromatic rings. The van der Waals surface area contributed by atoms with Gasteiger partial charge in [0.2, 0.25) is 0 Å². The zero-order valence-electron chi connectivity index (χ0n) is 15.6. The number of ether oxygens (including phenoxy) is 2. The minimum absolute atomic E-state index is 0.273. The minimum Gasteiger partial charge on any atom is -0.497 e. The highest BCUT2D eigenvalue weighted by Gasteiger charge is 2.32. The van der Waals surface area contributed by atoms with E-state index in [4.69, 9.17) is 9.47 Å². The van der Waals surface area contributed by atoms with Crippen molar-refractivity contribution in [2.45, 2.75) is 50.7 Å². The van der Waals surface area contributed by atoms with Gasteiger partial charge in [-0.2, -0.15) is 0 Å². The standard InChI is InChI=1S/C20H32N2O3/c1-24-19-11-16(12-20(13-19)25-2)14-21-8-9-22(17-5-3-4-6-17)18(15-21)7-10-23/h11-13,17-18,23H,3-10,14-15H2,1-2H3. The molecule has 1 aliphatic carbocycles. The van der Waals surface area contributed by atoms with E-state index in [1.807, 2.05) is 6.07 Å². The second-order valence-corrected chi connectivity index (χ2v) is 7.30. The Labute approximate surface area is 151 Å². The Morgan fingerprint density at radius 1 is 1.04 bits per heavy atom. The van der Waals surface area contributed by atoms with Gasteiger partial charge in [0.05, 0.1) is 14.2 Å². The van der Waals surface area contributed by atoms with Crippen molar-refractivity contribution in [1.82, 2.24) is 9.80 Å². The van der Waals surface area contributed by atoms with Crippen LogP contribution in [-0.2, 0) is 6.54 Å². The predicted molar refractivity (Wildman–Crippen MR) is 99.3 cm³/mol. The van der Waals surface area contributed by atoms with Crippen LogP contribution in [0.1, 0.15) is 37.7 Å². The van der Waals surface area contributed by atoms with E-state index in [0.29, 0.717) is 6.04 Å². The number of benzene rings is 1. The zero-order valence-corrected chi connectivity index (χ0v) is 15.6. The quantitative estimate of drug-likeness (QED) is 0.820. The number of aliphatic hydroxyl groups excluding tert-OH is 1. The van der Waals surface area contributed by atoms with Crippen LogP contribution in [0.4, 0.5) is 0 Å². The van der Waals surface area contributed by atoms with E-state index in [-0.39, 0.29) is 6.61 Å². The smallest absolute Gasteiger partial charge is 0.122 e. The summed E-state index contributed by atoms with van der Waals surface area (Å²) in [6.07, 6.45) is 6.25. The van der Waals surface area contributed by atoms with Gasteiger partial charge in [0.1, 0.15) is 11.5 Å². The van der Waals surface area contributed by atoms with Crippen LogP contribution in [-0.4, -0.2) is 67.5 Å². The van der Waals surface area contributed by atoms with Gasteiger partial charge in [-0.1, -0.05) is 12.8 Å². The van der Waals surface area contributed by atoms with E-state index in [0.717, 1.165) is 50.1 Å². The molecule has 140 valence electrons. The van der Waals surface area contributed by atoms with Gasteiger partial charge in [0.15, 0.2) is 0 Å². The fraction of sp³-hybridized carbons (Fsp3) is 0.700. The molecule has 1 heterocycles. The Kier molecular flexibility index (Phi) is 6.57. The summed E-state index contributed by atoms with van der Waals surface area (Å²) < 4.78 is 10.8. The zero-order chi connectivity index (χ0) is 17.6. The van der Waals surface area contributed by atoms with Gasteiger partial charge in [0, 0.05) is 50.9 Å². The van der Waals surface area contributed by atoms with Crippen molar-refractivity contribution in [3.05, 3.63) is 23.8 Å². The van der Waals surface area contributed by atoms with Gasteiger partial charge in [-0.15, -0.1) is 0 Å². The van der Waals surface area contributed by atoms with Crippen LogP contribution >= 0.6 is 0 Å². The summed E-state index contributed by atoms with van der Waals surface area (Å²) in [6, 6.07) is 7.29. The van der Waals surface area contributed by atoms with Crippen molar-refractivity contribution < 1.29 is 14.6 Å². The molecule has 3 rings (SSSR count). The average Bonchev–Trinajstić information content (AvgIpc) is 3.16. The average molecular weight is 348 g/mol. The predicted octanol–water partition coefficient (Wildman–Crippen LogP) is 2.52. The first kappa shape index (κ1) is 18.5. The molecule has 5 heteroatoms. The molecule has 0 bridgehead atoms. The third-order valence-electron chi connectivity index (χ3n) is 5.69. The van der Waals surface area contributed by atoms with Crippen LogP contribution in [0.2, 0.25) is 0 Å². The molecule has 5 nitrogen and oxygen atoms in total. The lowest BCUT2D eigenvalue weighted by Crippen LogP contribution is -2.55. The Bertz CT molecular complexity index is 523. The highest BCUT2D eigenvalue weighted by atomic mass is 16.5. The third kappa shape index (κ3) is 4.66. The first-order valence-electron chi connectivity index (χ1n) is 9.54.